The predicted molar refractivity (Wildman–Crippen MR) is 74.3 cm³/mol. The third kappa shape index (κ3) is 2.95. The molecule has 2 fully saturated rings. The Kier molecular flexibility index (Phi) is 3.91. The van der Waals surface area contributed by atoms with Crippen LogP contribution in [0.2, 0.25) is 0 Å². The van der Waals surface area contributed by atoms with E-state index in [4.69, 9.17) is 4.74 Å². The molecule has 110 valence electrons. The summed E-state index contributed by atoms with van der Waals surface area (Å²) in [5.41, 5.74) is 1.24. The quantitative estimate of drug-likeness (QED) is 0.887. The number of carbonyl (C=O) groups is 1. The molecule has 6 heteroatoms. The summed E-state index contributed by atoms with van der Waals surface area (Å²) < 4.78 is 7.30. The molecule has 0 bridgehead atoms. The topological polar surface area (TPSA) is 59.4 Å². The van der Waals surface area contributed by atoms with Crippen LogP contribution in [0.3, 0.4) is 0 Å². The lowest BCUT2D eigenvalue weighted by Gasteiger charge is -2.16. The van der Waals surface area contributed by atoms with E-state index in [2.05, 4.69) is 14.9 Å². The van der Waals surface area contributed by atoms with Crippen LogP contribution in [-0.2, 0) is 11.3 Å². The zero-order valence-corrected chi connectivity index (χ0v) is 11.9. The Balaban J connectivity index is 1.47. The number of likely N-dealkylation sites (tertiary alicyclic amines) is 1. The smallest absolute Gasteiger partial charge is 0.409 e. The van der Waals surface area contributed by atoms with E-state index in [0.29, 0.717) is 18.7 Å². The molecule has 1 aromatic heterocycles. The van der Waals surface area contributed by atoms with Crippen molar-refractivity contribution in [1.82, 2.24) is 19.8 Å². The van der Waals surface area contributed by atoms with E-state index < -0.39 is 0 Å². The summed E-state index contributed by atoms with van der Waals surface area (Å²) in [7, 11) is 0. The Morgan fingerprint density at radius 3 is 3.10 bits per heavy atom. The number of nitrogens with zero attached hydrogens (tertiary/aromatic N) is 3. The highest BCUT2D eigenvalue weighted by atomic mass is 16.6. The molecule has 1 N–H and O–H groups in total. The van der Waals surface area contributed by atoms with Gasteiger partial charge in [-0.15, -0.1) is 0 Å². The van der Waals surface area contributed by atoms with Crippen molar-refractivity contribution in [1.29, 1.82) is 0 Å². The van der Waals surface area contributed by atoms with Crippen LogP contribution < -0.4 is 5.32 Å². The van der Waals surface area contributed by atoms with Gasteiger partial charge in [-0.1, -0.05) is 0 Å². The van der Waals surface area contributed by atoms with Gasteiger partial charge in [0.15, 0.2) is 0 Å². The molecule has 20 heavy (non-hydrogen) atoms. The first-order valence-corrected chi connectivity index (χ1v) is 7.43. The molecule has 1 atom stereocenters. The van der Waals surface area contributed by atoms with Crippen molar-refractivity contribution in [3.8, 4) is 0 Å². The second kappa shape index (κ2) is 5.83. The maximum atomic E-state index is 11.6. The van der Waals surface area contributed by atoms with Gasteiger partial charge in [0.1, 0.15) is 0 Å². The zero-order chi connectivity index (χ0) is 13.9. The number of amides is 1. The average Bonchev–Trinajstić information content (AvgIpc) is 3.01. The first-order chi connectivity index (χ1) is 9.78. The van der Waals surface area contributed by atoms with Crippen molar-refractivity contribution in [3.05, 3.63) is 18.2 Å². The van der Waals surface area contributed by atoms with Gasteiger partial charge in [0, 0.05) is 37.9 Å². The largest absolute Gasteiger partial charge is 0.450 e. The Hall–Kier alpha value is -1.56. The normalized spacial score (nSPS) is 22.2. The van der Waals surface area contributed by atoms with E-state index in [0.717, 1.165) is 26.1 Å². The molecule has 1 aliphatic heterocycles. The molecule has 1 saturated carbocycles. The first kappa shape index (κ1) is 13.4. The fourth-order valence-corrected chi connectivity index (χ4v) is 2.71. The van der Waals surface area contributed by atoms with Crippen molar-refractivity contribution < 1.29 is 9.53 Å². The van der Waals surface area contributed by atoms with Crippen molar-refractivity contribution >= 4 is 6.09 Å². The van der Waals surface area contributed by atoms with E-state index in [1.807, 2.05) is 19.4 Å². The lowest BCUT2D eigenvalue weighted by atomic mass is 10.2. The Morgan fingerprint density at radius 2 is 2.35 bits per heavy atom. The molecular formula is C14H22N4O2. The van der Waals surface area contributed by atoms with Gasteiger partial charge in [0.05, 0.1) is 18.6 Å². The lowest BCUT2D eigenvalue weighted by Crippen LogP contribution is -2.35. The number of imidazole rings is 1. The average molecular weight is 278 g/mol. The van der Waals surface area contributed by atoms with Crippen LogP contribution in [0, 0.1) is 0 Å². The van der Waals surface area contributed by atoms with Gasteiger partial charge in [-0.3, -0.25) is 0 Å². The molecule has 3 rings (SSSR count). The molecular weight excluding hydrogens is 256 g/mol. The third-order valence-corrected chi connectivity index (χ3v) is 3.97. The monoisotopic (exact) mass is 278 g/mol. The van der Waals surface area contributed by atoms with Gasteiger partial charge in [0.2, 0.25) is 0 Å². The maximum Gasteiger partial charge on any atom is 0.409 e. The highest BCUT2D eigenvalue weighted by Crippen LogP contribution is 2.35. The van der Waals surface area contributed by atoms with Crippen molar-refractivity contribution in [2.75, 3.05) is 19.7 Å². The van der Waals surface area contributed by atoms with Crippen LogP contribution in [0.1, 0.15) is 37.9 Å². The third-order valence-electron chi connectivity index (χ3n) is 3.97. The van der Waals surface area contributed by atoms with Crippen LogP contribution in [0.25, 0.3) is 0 Å². The van der Waals surface area contributed by atoms with Crippen LogP contribution in [-0.4, -0.2) is 46.3 Å². The summed E-state index contributed by atoms with van der Waals surface area (Å²) in [6.07, 6.45) is 7.18. The van der Waals surface area contributed by atoms with Crippen molar-refractivity contribution in [3.63, 3.8) is 0 Å². The van der Waals surface area contributed by atoms with Gasteiger partial charge in [-0.25, -0.2) is 9.78 Å². The number of hydrogen-bond donors (Lipinski definition) is 1. The minimum Gasteiger partial charge on any atom is -0.450 e. The molecule has 1 amide bonds. The number of ether oxygens (including phenoxy) is 1. The minimum atomic E-state index is -0.195. The predicted octanol–water partition coefficient (Wildman–Crippen LogP) is 1.54. The number of hydrogen-bond acceptors (Lipinski definition) is 4. The van der Waals surface area contributed by atoms with Crippen molar-refractivity contribution in [2.45, 2.75) is 44.8 Å². The van der Waals surface area contributed by atoms with E-state index in [1.54, 1.807) is 4.90 Å². The molecule has 0 spiro atoms. The highest BCUT2D eigenvalue weighted by Gasteiger charge is 2.28. The van der Waals surface area contributed by atoms with E-state index >= 15 is 0 Å². The van der Waals surface area contributed by atoms with Gasteiger partial charge in [-0.05, 0) is 26.2 Å². The van der Waals surface area contributed by atoms with Crippen LogP contribution in [0.5, 0.6) is 0 Å². The fourth-order valence-electron chi connectivity index (χ4n) is 2.71. The second-order valence-electron chi connectivity index (χ2n) is 5.53. The number of aromatic nitrogens is 2. The minimum absolute atomic E-state index is 0.195. The summed E-state index contributed by atoms with van der Waals surface area (Å²) >= 11 is 0. The summed E-state index contributed by atoms with van der Waals surface area (Å²) in [5, 5.41) is 3.52. The number of rotatable bonds is 5. The Bertz CT molecular complexity index is 469. The molecule has 1 saturated heterocycles. The number of nitrogens with one attached hydrogen (secondary N) is 1. The first-order valence-electron chi connectivity index (χ1n) is 7.43. The van der Waals surface area contributed by atoms with Crippen molar-refractivity contribution in [2.24, 2.45) is 0 Å². The molecule has 2 aliphatic rings. The van der Waals surface area contributed by atoms with Crippen LogP contribution in [0.15, 0.2) is 12.5 Å². The Labute approximate surface area is 119 Å². The van der Waals surface area contributed by atoms with Gasteiger partial charge < -0.3 is 19.5 Å². The number of carbonyl (C=O) groups excluding carboxylic acids is 1. The molecule has 0 aromatic carbocycles. The SMILES string of the molecule is CCOC(=O)N1CC[C@@H](NCc2cncn2C2CC2)C1. The molecule has 6 nitrogen and oxygen atoms in total. The second-order valence-corrected chi connectivity index (χ2v) is 5.53. The van der Waals surface area contributed by atoms with Gasteiger partial charge >= 0.3 is 6.09 Å². The summed E-state index contributed by atoms with van der Waals surface area (Å²) in [4.78, 5) is 17.6. The molecule has 0 unspecified atom stereocenters. The van der Waals surface area contributed by atoms with Gasteiger partial charge in [-0.2, -0.15) is 0 Å². The van der Waals surface area contributed by atoms with Gasteiger partial charge in [0.25, 0.3) is 0 Å². The van der Waals surface area contributed by atoms with E-state index in [9.17, 15) is 4.79 Å². The molecule has 2 heterocycles. The molecule has 1 aliphatic carbocycles. The maximum absolute atomic E-state index is 11.6. The summed E-state index contributed by atoms with van der Waals surface area (Å²) in [6, 6.07) is 1.01. The fraction of sp³-hybridized carbons (Fsp3) is 0.714. The summed E-state index contributed by atoms with van der Waals surface area (Å²) in [6.45, 7) is 4.60. The van der Waals surface area contributed by atoms with Crippen LogP contribution in [0.4, 0.5) is 4.79 Å². The van der Waals surface area contributed by atoms with Crippen LogP contribution >= 0.6 is 0 Å². The molecule has 1 aromatic rings. The summed E-state index contributed by atoms with van der Waals surface area (Å²) in [5.74, 6) is 0. The lowest BCUT2D eigenvalue weighted by molar-refractivity contribution is 0.115. The van der Waals surface area contributed by atoms with E-state index in [-0.39, 0.29) is 6.09 Å². The Morgan fingerprint density at radius 1 is 1.50 bits per heavy atom. The molecule has 0 radical (unpaired) electrons. The zero-order valence-electron chi connectivity index (χ0n) is 11.9. The standard InChI is InChI=1S/C14H22N4O2/c1-2-20-14(19)17-6-5-11(9-17)16-8-13-7-15-10-18(13)12-3-4-12/h7,10-12,16H,2-6,8-9H2,1H3/t11-/m1/s1. The van der Waals surface area contributed by atoms with E-state index in [1.165, 1.54) is 18.5 Å². The highest BCUT2D eigenvalue weighted by molar-refractivity contribution is 5.68.